The van der Waals surface area contributed by atoms with E-state index in [1.165, 1.54) is 4.90 Å². The van der Waals surface area contributed by atoms with E-state index in [2.05, 4.69) is 21.2 Å². The van der Waals surface area contributed by atoms with Crippen LogP contribution in [0.2, 0.25) is 5.02 Å². The highest BCUT2D eigenvalue weighted by molar-refractivity contribution is 9.10. The van der Waals surface area contributed by atoms with Gasteiger partial charge in [0.05, 0.1) is 11.6 Å². The van der Waals surface area contributed by atoms with Gasteiger partial charge in [0, 0.05) is 34.6 Å². The second kappa shape index (κ2) is 14.9. The van der Waals surface area contributed by atoms with E-state index in [0.29, 0.717) is 47.2 Å². The van der Waals surface area contributed by atoms with E-state index in [1.54, 1.807) is 29.2 Å². The summed E-state index contributed by atoms with van der Waals surface area (Å²) >= 11 is 10.0. The smallest absolute Gasteiger partial charge is 0.326 e. The summed E-state index contributed by atoms with van der Waals surface area (Å²) in [6, 6.07) is 19.1. The molecule has 0 aromatic heterocycles. The molecule has 1 saturated heterocycles. The fourth-order valence-electron chi connectivity index (χ4n) is 5.34. The lowest BCUT2D eigenvalue weighted by Crippen LogP contribution is -2.55. The summed E-state index contributed by atoms with van der Waals surface area (Å²) in [5.41, 5.74) is 2.19. The maximum atomic E-state index is 14.5. The number of carboxylic acid groups (broad SMARTS) is 1. The molecule has 0 aliphatic carbocycles. The Morgan fingerprint density at radius 3 is 2.41 bits per heavy atom. The van der Waals surface area contributed by atoms with Gasteiger partial charge < -0.3 is 20.1 Å². The number of hydrogen-bond acceptors (Lipinski definition) is 6. The SMILES string of the molecule is CCC(=O)c1ccc(C2=NC(c3ccc(Br)cc3)C(c3cccc(Cl)c3)N2C(=O)N2CCNC(=O)C2)c(OC(C)(C)C)c1.O=CO. The highest BCUT2D eigenvalue weighted by atomic mass is 79.9. The first-order valence-electron chi connectivity index (χ1n) is 14.7. The van der Waals surface area contributed by atoms with Crippen LogP contribution in [0.5, 0.6) is 5.75 Å². The van der Waals surface area contributed by atoms with E-state index in [4.69, 9.17) is 31.2 Å². The van der Waals surface area contributed by atoms with Crippen molar-refractivity contribution in [2.45, 2.75) is 51.8 Å². The number of amidine groups is 1. The Morgan fingerprint density at radius 2 is 1.80 bits per heavy atom. The largest absolute Gasteiger partial charge is 0.487 e. The van der Waals surface area contributed by atoms with Gasteiger partial charge in [0.25, 0.3) is 6.47 Å². The summed E-state index contributed by atoms with van der Waals surface area (Å²) < 4.78 is 7.33. The van der Waals surface area contributed by atoms with Gasteiger partial charge in [-0.1, -0.05) is 64.8 Å². The number of piperazine rings is 1. The second-order valence-corrected chi connectivity index (χ2v) is 13.0. The number of amides is 3. The lowest BCUT2D eigenvalue weighted by atomic mass is 9.93. The van der Waals surface area contributed by atoms with Gasteiger partial charge in [0.1, 0.15) is 29.8 Å². The Labute approximate surface area is 281 Å². The summed E-state index contributed by atoms with van der Waals surface area (Å²) in [6.45, 7) is 7.99. The van der Waals surface area contributed by atoms with Gasteiger partial charge in [-0.2, -0.15) is 0 Å². The van der Waals surface area contributed by atoms with E-state index in [-0.39, 0.29) is 30.7 Å². The van der Waals surface area contributed by atoms with Gasteiger partial charge in [0.2, 0.25) is 5.91 Å². The summed E-state index contributed by atoms with van der Waals surface area (Å²) in [7, 11) is 0. The fourth-order valence-corrected chi connectivity index (χ4v) is 5.80. The lowest BCUT2D eigenvalue weighted by molar-refractivity contribution is -0.124. The van der Waals surface area contributed by atoms with Crippen LogP contribution >= 0.6 is 27.5 Å². The molecule has 3 aromatic carbocycles. The lowest BCUT2D eigenvalue weighted by Gasteiger charge is -2.36. The zero-order valence-corrected chi connectivity index (χ0v) is 28.3. The maximum Gasteiger partial charge on any atom is 0.326 e. The second-order valence-electron chi connectivity index (χ2n) is 11.7. The molecule has 242 valence electrons. The first kappa shape index (κ1) is 34.6. The number of Topliss-reactive ketones (excluding diaryl/α,β-unsaturated/α-hetero) is 1. The number of nitrogens with zero attached hydrogens (tertiary/aromatic N) is 3. The van der Waals surface area contributed by atoms with Crippen molar-refractivity contribution in [3.63, 3.8) is 0 Å². The predicted molar refractivity (Wildman–Crippen MR) is 180 cm³/mol. The fraction of sp³-hybridized carbons (Fsp3) is 0.324. The van der Waals surface area contributed by atoms with Crippen LogP contribution in [0.15, 0.2) is 76.2 Å². The van der Waals surface area contributed by atoms with Gasteiger partial charge in [-0.3, -0.25) is 24.3 Å². The van der Waals surface area contributed by atoms with Crippen LogP contribution in [0, 0.1) is 0 Å². The molecule has 2 aliphatic rings. The molecule has 10 nitrogen and oxygen atoms in total. The number of carbonyl (C=O) groups is 4. The van der Waals surface area contributed by atoms with Crippen LogP contribution in [-0.4, -0.2) is 70.2 Å². The number of ether oxygens (including phenoxy) is 1. The molecule has 0 radical (unpaired) electrons. The van der Waals surface area contributed by atoms with Crippen LogP contribution in [0.1, 0.15) is 73.2 Å². The molecule has 0 spiro atoms. The summed E-state index contributed by atoms with van der Waals surface area (Å²) in [5, 5.41) is 10.2. The van der Waals surface area contributed by atoms with Crippen molar-refractivity contribution in [3.05, 3.63) is 98.5 Å². The van der Waals surface area contributed by atoms with E-state index in [9.17, 15) is 14.4 Å². The molecule has 3 aromatic rings. The number of urea groups is 1. The topological polar surface area (TPSA) is 129 Å². The third kappa shape index (κ3) is 8.13. The van der Waals surface area contributed by atoms with Crippen LogP contribution in [0.25, 0.3) is 0 Å². The van der Waals surface area contributed by atoms with E-state index in [0.717, 1.165) is 15.6 Å². The summed E-state index contributed by atoms with van der Waals surface area (Å²) in [5.74, 6) is 0.598. The first-order valence-corrected chi connectivity index (χ1v) is 15.9. The Morgan fingerprint density at radius 1 is 1.11 bits per heavy atom. The Bertz CT molecular complexity index is 1640. The number of rotatable bonds is 6. The molecule has 5 rings (SSSR count). The average molecular weight is 712 g/mol. The van der Waals surface area contributed by atoms with Crippen molar-refractivity contribution in [1.29, 1.82) is 0 Å². The molecule has 3 amide bonds. The molecule has 2 aliphatic heterocycles. The van der Waals surface area contributed by atoms with Gasteiger partial charge >= 0.3 is 6.03 Å². The molecule has 2 heterocycles. The van der Waals surface area contributed by atoms with Crippen LogP contribution in [0.4, 0.5) is 4.79 Å². The molecule has 12 heteroatoms. The number of aliphatic imine (C=N–C) groups is 1. The maximum absolute atomic E-state index is 14.5. The zero-order chi connectivity index (χ0) is 33.6. The molecule has 46 heavy (non-hydrogen) atoms. The quantitative estimate of drug-likeness (QED) is 0.217. The van der Waals surface area contributed by atoms with Crippen molar-refractivity contribution in [2.75, 3.05) is 19.6 Å². The van der Waals surface area contributed by atoms with Crippen LogP contribution < -0.4 is 10.1 Å². The van der Waals surface area contributed by atoms with Crippen molar-refractivity contribution >= 4 is 57.6 Å². The molecule has 1 fully saturated rings. The van der Waals surface area contributed by atoms with E-state index < -0.39 is 17.7 Å². The Kier molecular flexibility index (Phi) is 11.2. The first-order chi connectivity index (χ1) is 21.9. The highest BCUT2D eigenvalue weighted by Gasteiger charge is 2.45. The Hall–Kier alpha value is -4.22. The minimum absolute atomic E-state index is 0.0181. The number of benzene rings is 3. The normalized spacial score (nSPS) is 17.8. The Balaban J connectivity index is 0.00000154. The summed E-state index contributed by atoms with van der Waals surface area (Å²) in [6.07, 6.45) is 0.347. The molecular weight excluding hydrogens is 676 g/mol. The van der Waals surface area contributed by atoms with Gasteiger partial charge in [-0.25, -0.2) is 4.79 Å². The predicted octanol–water partition coefficient (Wildman–Crippen LogP) is 6.67. The third-order valence-corrected chi connectivity index (χ3v) is 8.03. The minimum Gasteiger partial charge on any atom is -0.487 e. The zero-order valence-electron chi connectivity index (χ0n) is 26.0. The van der Waals surface area contributed by atoms with Crippen molar-refractivity contribution in [3.8, 4) is 5.75 Å². The van der Waals surface area contributed by atoms with Crippen molar-refractivity contribution in [1.82, 2.24) is 15.1 Å². The van der Waals surface area contributed by atoms with Gasteiger partial charge in [0.15, 0.2) is 5.78 Å². The average Bonchev–Trinajstić information content (AvgIpc) is 3.40. The number of carbonyl (C=O) groups excluding carboxylic acids is 3. The molecule has 0 saturated carbocycles. The molecule has 2 N–H and O–H groups in total. The van der Waals surface area contributed by atoms with E-state index in [1.807, 2.05) is 70.2 Å². The van der Waals surface area contributed by atoms with Crippen molar-refractivity contribution in [2.24, 2.45) is 4.99 Å². The van der Waals surface area contributed by atoms with Gasteiger partial charge in [-0.05, 0) is 68.3 Å². The number of nitrogens with one attached hydrogen (secondary N) is 1. The number of halogens is 2. The molecule has 2 unspecified atom stereocenters. The number of hydrogen-bond donors (Lipinski definition) is 2. The van der Waals surface area contributed by atoms with Crippen LogP contribution in [-0.2, 0) is 9.59 Å². The van der Waals surface area contributed by atoms with Crippen molar-refractivity contribution < 1.29 is 29.0 Å². The molecule has 2 atom stereocenters. The minimum atomic E-state index is -0.598. The number of ketones is 1. The molecule has 0 bridgehead atoms. The highest BCUT2D eigenvalue weighted by Crippen LogP contribution is 2.46. The van der Waals surface area contributed by atoms with E-state index >= 15 is 0 Å². The van der Waals surface area contributed by atoms with Crippen LogP contribution in [0.3, 0.4) is 0 Å². The summed E-state index contributed by atoms with van der Waals surface area (Å²) in [4.78, 5) is 56.3. The van der Waals surface area contributed by atoms with Gasteiger partial charge in [-0.15, -0.1) is 0 Å². The third-order valence-electron chi connectivity index (χ3n) is 7.27. The molecular formula is C34H36BrClN4O6. The monoisotopic (exact) mass is 710 g/mol. The standard InChI is InChI=1S/C33H34BrClN4O4.CH2O2/c1-5-26(40)21-11-14-25(27(18-21)43-33(2,3)4)31-37-29(20-9-12-23(34)13-10-20)30(22-7-6-8-24(35)17-22)39(31)32(42)38-16-15-36-28(41)19-38;2-1-3/h6-14,17-18,29-30H,5,15-16,19H2,1-4H3,(H,36,41);1H,(H,2,3).